The molecule has 5 nitrogen and oxygen atoms in total. The van der Waals surface area contributed by atoms with Crippen molar-refractivity contribution in [3.63, 3.8) is 0 Å². The minimum atomic E-state index is -0.397. The molecule has 2 rings (SSSR count). The highest BCUT2D eigenvalue weighted by molar-refractivity contribution is 9.11. The molecule has 0 heterocycles. The van der Waals surface area contributed by atoms with E-state index in [1.807, 2.05) is 0 Å². The van der Waals surface area contributed by atoms with Crippen molar-refractivity contribution in [2.24, 2.45) is 5.10 Å². The number of carbonyl (C=O) groups excluding carboxylic acids is 1. The van der Waals surface area contributed by atoms with Gasteiger partial charge in [-0.15, -0.1) is 0 Å². The van der Waals surface area contributed by atoms with Crippen molar-refractivity contribution in [2.75, 3.05) is 0 Å². The quantitative estimate of drug-likeness (QED) is 0.377. The third-order valence-electron chi connectivity index (χ3n) is 2.67. The molecule has 0 radical (unpaired) electrons. The lowest BCUT2D eigenvalue weighted by Gasteiger charge is -2.06. The zero-order valence-electron chi connectivity index (χ0n) is 10.8. The van der Waals surface area contributed by atoms with Crippen molar-refractivity contribution < 1.29 is 15.0 Å². The van der Waals surface area contributed by atoms with Gasteiger partial charge in [-0.05, 0) is 62.2 Å². The highest BCUT2D eigenvalue weighted by Gasteiger charge is 2.13. The second-order valence-corrected chi connectivity index (χ2v) is 6.25. The smallest absolute Gasteiger partial charge is 0.271 e. The van der Waals surface area contributed by atoms with Crippen LogP contribution in [0.1, 0.15) is 15.9 Å². The molecule has 8 heteroatoms. The molecule has 0 aliphatic carbocycles. The molecule has 0 bridgehead atoms. The summed E-state index contributed by atoms with van der Waals surface area (Å²) in [6.45, 7) is 0. The van der Waals surface area contributed by atoms with Crippen LogP contribution in [0.4, 0.5) is 0 Å². The van der Waals surface area contributed by atoms with E-state index in [9.17, 15) is 15.0 Å². The van der Waals surface area contributed by atoms with Gasteiger partial charge in [0, 0.05) is 16.1 Å². The fourth-order valence-corrected chi connectivity index (χ4v) is 2.51. The predicted molar refractivity (Wildman–Crippen MR) is 91.7 cm³/mol. The molecule has 1 amide bonds. The van der Waals surface area contributed by atoms with Crippen LogP contribution in [-0.2, 0) is 0 Å². The van der Waals surface area contributed by atoms with Gasteiger partial charge in [0.1, 0.15) is 0 Å². The number of hydrazone groups is 1. The molecule has 0 unspecified atom stereocenters. The lowest BCUT2D eigenvalue weighted by molar-refractivity contribution is 0.0955. The summed E-state index contributed by atoms with van der Waals surface area (Å²) in [7, 11) is 0. The minimum absolute atomic E-state index is 0.262. The molecule has 114 valence electrons. The van der Waals surface area contributed by atoms with Crippen LogP contribution >= 0.6 is 43.5 Å². The van der Waals surface area contributed by atoms with Crippen LogP contribution < -0.4 is 5.43 Å². The fraction of sp³-hybridized carbons (Fsp3) is 0. The van der Waals surface area contributed by atoms with Gasteiger partial charge in [0.15, 0.2) is 11.5 Å². The molecule has 22 heavy (non-hydrogen) atoms. The van der Waals surface area contributed by atoms with Gasteiger partial charge < -0.3 is 10.2 Å². The number of nitrogens with one attached hydrogen (secondary N) is 1. The van der Waals surface area contributed by atoms with E-state index >= 15 is 0 Å². The summed E-state index contributed by atoms with van der Waals surface area (Å²) in [6.07, 6.45) is 1.34. The highest BCUT2D eigenvalue weighted by Crippen LogP contribution is 2.40. The van der Waals surface area contributed by atoms with Gasteiger partial charge in [-0.2, -0.15) is 5.10 Å². The Morgan fingerprint density at radius 3 is 2.45 bits per heavy atom. The summed E-state index contributed by atoms with van der Waals surface area (Å²) in [6, 6.07) is 7.90. The van der Waals surface area contributed by atoms with Crippen molar-refractivity contribution >= 4 is 55.6 Å². The third kappa shape index (κ3) is 3.79. The number of nitrogens with zero attached hydrogens (tertiary/aromatic N) is 1. The third-order valence-corrected chi connectivity index (χ3v) is 4.36. The maximum atomic E-state index is 11.8. The minimum Gasteiger partial charge on any atom is -0.503 e. The molecule has 0 saturated carbocycles. The second kappa shape index (κ2) is 7.13. The van der Waals surface area contributed by atoms with Gasteiger partial charge in [0.2, 0.25) is 0 Å². The SMILES string of the molecule is O=C(NN=Cc1cc(Br)c(O)c(O)c1Br)c1ccc(Cl)cc1. The highest BCUT2D eigenvalue weighted by atomic mass is 79.9. The largest absolute Gasteiger partial charge is 0.503 e. The van der Waals surface area contributed by atoms with E-state index in [0.29, 0.717) is 20.6 Å². The number of hydrogen-bond donors (Lipinski definition) is 3. The van der Waals surface area contributed by atoms with E-state index in [2.05, 4.69) is 42.4 Å². The van der Waals surface area contributed by atoms with Crippen LogP contribution in [0.2, 0.25) is 5.02 Å². The predicted octanol–water partition coefficient (Wildman–Crippen LogP) is 4.04. The Bertz CT molecular complexity index is 749. The van der Waals surface area contributed by atoms with Crippen LogP contribution in [-0.4, -0.2) is 22.3 Å². The van der Waals surface area contributed by atoms with Crippen molar-refractivity contribution in [2.45, 2.75) is 0 Å². The zero-order valence-corrected chi connectivity index (χ0v) is 14.8. The van der Waals surface area contributed by atoms with Crippen molar-refractivity contribution in [1.82, 2.24) is 5.43 Å². The van der Waals surface area contributed by atoms with E-state index in [1.54, 1.807) is 24.3 Å². The standard InChI is InChI=1S/C14H9Br2ClN2O3/c15-10-5-8(11(16)13(21)12(10)20)6-18-19-14(22)7-1-3-9(17)4-2-7/h1-6,20-21H,(H,19,22). The van der Waals surface area contributed by atoms with Crippen LogP contribution in [0.25, 0.3) is 0 Å². The fourth-order valence-electron chi connectivity index (χ4n) is 1.54. The topological polar surface area (TPSA) is 81.9 Å². The van der Waals surface area contributed by atoms with Gasteiger partial charge in [-0.1, -0.05) is 11.6 Å². The molecule has 0 fully saturated rings. The maximum Gasteiger partial charge on any atom is 0.271 e. The summed E-state index contributed by atoms with van der Waals surface area (Å²) in [5.41, 5.74) is 3.24. The number of benzene rings is 2. The number of aromatic hydroxyl groups is 2. The number of rotatable bonds is 3. The first-order valence-corrected chi connectivity index (χ1v) is 7.85. The average Bonchev–Trinajstić information content (AvgIpc) is 2.50. The van der Waals surface area contributed by atoms with E-state index in [4.69, 9.17) is 11.6 Å². The van der Waals surface area contributed by atoms with Gasteiger partial charge in [0.05, 0.1) is 15.2 Å². The molecule has 0 aromatic heterocycles. The first-order valence-electron chi connectivity index (χ1n) is 5.89. The Morgan fingerprint density at radius 2 is 1.82 bits per heavy atom. The molecule has 0 aliphatic heterocycles. The summed E-state index contributed by atoms with van der Waals surface area (Å²) >= 11 is 12.0. The molecule has 0 atom stereocenters. The lowest BCUT2D eigenvalue weighted by atomic mass is 10.2. The van der Waals surface area contributed by atoms with Crippen LogP contribution in [0.3, 0.4) is 0 Å². The van der Waals surface area contributed by atoms with Gasteiger partial charge in [-0.25, -0.2) is 5.43 Å². The van der Waals surface area contributed by atoms with Crippen LogP contribution in [0.5, 0.6) is 11.5 Å². The van der Waals surface area contributed by atoms with Crippen LogP contribution in [0.15, 0.2) is 44.4 Å². The first kappa shape index (κ1) is 16.8. The Kier molecular flexibility index (Phi) is 5.44. The normalized spacial score (nSPS) is 10.9. The summed E-state index contributed by atoms with van der Waals surface area (Å²) in [4.78, 5) is 11.8. The molecule has 2 aromatic carbocycles. The summed E-state index contributed by atoms with van der Waals surface area (Å²) in [5.74, 6) is -1.000. The van der Waals surface area contributed by atoms with Crippen molar-refractivity contribution in [3.05, 3.63) is 55.4 Å². The number of hydrogen-bond acceptors (Lipinski definition) is 4. The van der Waals surface area contributed by atoms with E-state index < -0.39 is 5.91 Å². The van der Waals surface area contributed by atoms with E-state index in [1.165, 1.54) is 12.3 Å². The number of amides is 1. The first-order chi connectivity index (χ1) is 10.4. The molecule has 3 N–H and O–H groups in total. The Hall–Kier alpha value is -1.57. The number of carbonyl (C=O) groups is 1. The molecule has 0 spiro atoms. The summed E-state index contributed by atoms with van der Waals surface area (Å²) < 4.78 is 0.566. The van der Waals surface area contributed by atoms with Gasteiger partial charge in [0.25, 0.3) is 5.91 Å². The van der Waals surface area contributed by atoms with Crippen molar-refractivity contribution in [1.29, 1.82) is 0 Å². The van der Waals surface area contributed by atoms with Gasteiger partial charge in [-0.3, -0.25) is 4.79 Å². The van der Waals surface area contributed by atoms with E-state index in [0.717, 1.165) is 0 Å². The Balaban J connectivity index is 2.13. The summed E-state index contributed by atoms with van der Waals surface area (Å²) in [5, 5.41) is 23.6. The number of phenols is 2. The van der Waals surface area contributed by atoms with Crippen molar-refractivity contribution in [3.8, 4) is 11.5 Å². The molecule has 2 aromatic rings. The lowest BCUT2D eigenvalue weighted by Crippen LogP contribution is -2.17. The van der Waals surface area contributed by atoms with Gasteiger partial charge >= 0.3 is 0 Å². The Morgan fingerprint density at radius 1 is 1.18 bits per heavy atom. The molecule has 0 saturated heterocycles. The number of phenolic OH excluding ortho intramolecular Hbond substituents is 2. The van der Waals surface area contributed by atoms with E-state index in [-0.39, 0.29) is 16.0 Å². The molecular weight excluding hydrogens is 439 g/mol. The second-order valence-electron chi connectivity index (χ2n) is 4.16. The average molecular weight is 448 g/mol. The maximum absolute atomic E-state index is 11.8. The molecule has 0 aliphatic rings. The zero-order chi connectivity index (χ0) is 16.3. The molecular formula is C14H9Br2ClN2O3. The monoisotopic (exact) mass is 446 g/mol. The number of halogens is 3. The Labute approximate surface area is 147 Å². The van der Waals surface area contributed by atoms with Crippen LogP contribution in [0, 0.1) is 0 Å².